The average molecular weight is 403 g/mol. The van der Waals surface area contributed by atoms with Crippen LogP contribution in [0.3, 0.4) is 0 Å². The van der Waals surface area contributed by atoms with Crippen molar-refractivity contribution < 1.29 is 4.39 Å². The Kier molecular flexibility index (Phi) is 5.46. The first-order chi connectivity index (χ1) is 9.70. The van der Waals surface area contributed by atoms with E-state index >= 15 is 0 Å². The molecule has 1 heterocycles. The van der Waals surface area contributed by atoms with Crippen LogP contribution in [0, 0.1) is 5.82 Å². The highest BCUT2D eigenvalue weighted by molar-refractivity contribution is 14.0. The van der Waals surface area contributed by atoms with Crippen molar-refractivity contribution in [2.24, 2.45) is 10.7 Å². The van der Waals surface area contributed by atoms with Crippen molar-refractivity contribution in [3.05, 3.63) is 35.6 Å². The van der Waals surface area contributed by atoms with Gasteiger partial charge in [0.1, 0.15) is 5.82 Å². The summed E-state index contributed by atoms with van der Waals surface area (Å²) in [5.41, 5.74) is 7.40. The minimum Gasteiger partial charge on any atom is -0.370 e. The summed E-state index contributed by atoms with van der Waals surface area (Å²) in [4.78, 5) is 6.79. The van der Waals surface area contributed by atoms with Crippen molar-refractivity contribution in [2.75, 3.05) is 19.6 Å². The average Bonchev–Trinajstić information content (AvgIpc) is 3.27. The van der Waals surface area contributed by atoms with Gasteiger partial charge in [0, 0.05) is 18.5 Å². The molecule has 0 radical (unpaired) electrons. The first-order valence-electron chi connectivity index (χ1n) is 7.51. The number of halogens is 2. The van der Waals surface area contributed by atoms with E-state index in [9.17, 15) is 4.39 Å². The zero-order chi connectivity index (χ0) is 14.0. The van der Waals surface area contributed by atoms with E-state index in [1.165, 1.54) is 37.0 Å². The van der Waals surface area contributed by atoms with Crippen molar-refractivity contribution in [1.29, 1.82) is 0 Å². The van der Waals surface area contributed by atoms with E-state index < -0.39 is 0 Å². The number of aliphatic imine (C=N–C) groups is 1. The number of guanidine groups is 1. The Morgan fingerprint density at radius 1 is 1.14 bits per heavy atom. The second-order valence-electron chi connectivity index (χ2n) is 6.01. The Labute approximate surface area is 142 Å². The summed E-state index contributed by atoms with van der Waals surface area (Å²) in [7, 11) is 0. The molecule has 0 bridgehead atoms. The number of rotatable bonds is 3. The largest absolute Gasteiger partial charge is 0.370 e. The quantitative estimate of drug-likeness (QED) is 0.478. The highest BCUT2D eigenvalue weighted by atomic mass is 127. The predicted molar refractivity (Wildman–Crippen MR) is 94.6 cm³/mol. The summed E-state index contributed by atoms with van der Waals surface area (Å²) in [5, 5.41) is 0. The van der Waals surface area contributed by atoms with E-state index in [0.29, 0.717) is 5.96 Å². The van der Waals surface area contributed by atoms with Gasteiger partial charge in [0.2, 0.25) is 0 Å². The van der Waals surface area contributed by atoms with Gasteiger partial charge in [-0.05, 0) is 49.8 Å². The minimum absolute atomic E-state index is 0. The Morgan fingerprint density at radius 2 is 1.76 bits per heavy atom. The van der Waals surface area contributed by atoms with Crippen LogP contribution in [-0.2, 0) is 5.41 Å². The Hall–Kier alpha value is -0.850. The summed E-state index contributed by atoms with van der Waals surface area (Å²) in [5.74, 6) is 0.499. The smallest absolute Gasteiger partial charge is 0.191 e. The Balaban J connectivity index is 0.00000161. The van der Waals surface area contributed by atoms with Crippen LogP contribution in [0.4, 0.5) is 4.39 Å². The highest BCUT2D eigenvalue weighted by Gasteiger charge is 2.44. The van der Waals surface area contributed by atoms with Gasteiger partial charge < -0.3 is 10.6 Å². The van der Waals surface area contributed by atoms with Gasteiger partial charge in [0.25, 0.3) is 0 Å². The standard InChI is InChI=1S/C16H22FN3.HI/c17-14-6-4-13(5-7-14)16(8-9-16)12-19-15(18)20-10-2-1-3-11-20;/h4-7H,1-3,8-12H2,(H2,18,19);1H. The molecule has 1 saturated heterocycles. The molecule has 2 fully saturated rings. The lowest BCUT2D eigenvalue weighted by Crippen LogP contribution is -2.41. The fourth-order valence-electron chi connectivity index (χ4n) is 2.95. The van der Waals surface area contributed by atoms with Crippen LogP contribution >= 0.6 is 24.0 Å². The van der Waals surface area contributed by atoms with Crippen molar-refractivity contribution in [3.63, 3.8) is 0 Å². The lowest BCUT2D eigenvalue weighted by atomic mass is 9.96. The molecule has 0 spiro atoms. The molecule has 2 N–H and O–H groups in total. The van der Waals surface area contributed by atoms with Crippen LogP contribution in [0.1, 0.15) is 37.7 Å². The monoisotopic (exact) mass is 403 g/mol. The van der Waals surface area contributed by atoms with E-state index in [0.717, 1.165) is 32.5 Å². The number of hydrogen-bond donors (Lipinski definition) is 1. The molecule has 0 atom stereocenters. The lowest BCUT2D eigenvalue weighted by molar-refractivity contribution is 0.337. The molecule has 3 nitrogen and oxygen atoms in total. The van der Waals surface area contributed by atoms with Crippen LogP contribution in [0.25, 0.3) is 0 Å². The number of likely N-dealkylation sites (tertiary alicyclic amines) is 1. The van der Waals surface area contributed by atoms with Crippen molar-refractivity contribution in [2.45, 2.75) is 37.5 Å². The van der Waals surface area contributed by atoms with Gasteiger partial charge in [-0.2, -0.15) is 0 Å². The molecule has 0 amide bonds. The van der Waals surface area contributed by atoms with Gasteiger partial charge in [-0.1, -0.05) is 12.1 Å². The molecule has 1 aliphatic carbocycles. The van der Waals surface area contributed by atoms with Crippen LogP contribution in [0.2, 0.25) is 0 Å². The highest BCUT2D eigenvalue weighted by Crippen LogP contribution is 2.48. The fourth-order valence-corrected chi connectivity index (χ4v) is 2.95. The maximum atomic E-state index is 13.0. The van der Waals surface area contributed by atoms with Crippen molar-refractivity contribution in [3.8, 4) is 0 Å². The second-order valence-corrected chi connectivity index (χ2v) is 6.01. The summed E-state index contributed by atoms with van der Waals surface area (Å²) < 4.78 is 13.0. The van der Waals surface area contributed by atoms with Gasteiger partial charge in [-0.25, -0.2) is 4.39 Å². The maximum absolute atomic E-state index is 13.0. The summed E-state index contributed by atoms with van der Waals surface area (Å²) in [6.45, 7) is 2.78. The van der Waals surface area contributed by atoms with Gasteiger partial charge in [-0.15, -0.1) is 24.0 Å². The van der Waals surface area contributed by atoms with E-state index in [-0.39, 0.29) is 35.2 Å². The number of benzene rings is 1. The lowest BCUT2D eigenvalue weighted by Gasteiger charge is -2.28. The summed E-state index contributed by atoms with van der Waals surface area (Å²) in [6.07, 6.45) is 5.95. The number of piperidine rings is 1. The van der Waals surface area contributed by atoms with Gasteiger partial charge in [0.05, 0.1) is 6.54 Å². The third kappa shape index (κ3) is 3.87. The molecule has 116 valence electrons. The molecule has 3 rings (SSSR count). The topological polar surface area (TPSA) is 41.6 Å². The molecule has 5 heteroatoms. The third-order valence-corrected chi connectivity index (χ3v) is 4.53. The van der Waals surface area contributed by atoms with Gasteiger partial charge >= 0.3 is 0 Å². The van der Waals surface area contributed by atoms with Crippen molar-refractivity contribution in [1.82, 2.24) is 4.90 Å². The van der Waals surface area contributed by atoms with E-state index in [1.54, 1.807) is 0 Å². The molecule has 0 unspecified atom stereocenters. The zero-order valence-electron chi connectivity index (χ0n) is 12.2. The number of hydrogen-bond acceptors (Lipinski definition) is 1. The number of nitrogens with zero attached hydrogens (tertiary/aromatic N) is 2. The van der Waals surface area contributed by atoms with Crippen LogP contribution in [0.5, 0.6) is 0 Å². The molecule has 0 aromatic heterocycles. The second kappa shape index (κ2) is 6.94. The molecular formula is C16H23FIN3. The SMILES string of the molecule is I.NC(=NCC1(c2ccc(F)cc2)CC1)N1CCCCC1. The summed E-state index contributed by atoms with van der Waals surface area (Å²) >= 11 is 0. The minimum atomic E-state index is -0.180. The summed E-state index contributed by atoms with van der Waals surface area (Å²) in [6, 6.07) is 6.84. The fraction of sp³-hybridized carbons (Fsp3) is 0.562. The van der Waals surface area contributed by atoms with E-state index in [1.807, 2.05) is 12.1 Å². The Morgan fingerprint density at radius 3 is 2.33 bits per heavy atom. The molecular weight excluding hydrogens is 380 g/mol. The zero-order valence-corrected chi connectivity index (χ0v) is 14.6. The van der Waals surface area contributed by atoms with Gasteiger partial charge in [-0.3, -0.25) is 4.99 Å². The maximum Gasteiger partial charge on any atom is 0.191 e. The van der Waals surface area contributed by atoms with Crippen LogP contribution in [-0.4, -0.2) is 30.5 Å². The predicted octanol–water partition coefficient (Wildman–Crippen LogP) is 3.28. The third-order valence-electron chi connectivity index (χ3n) is 4.53. The molecule has 21 heavy (non-hydrogen) atoms. The van der Waals surface area contributed by atoms with Crippen LogP contribution in [0.15, 0.2) is 29.3 Å². The number of nitrogens with two attached hydrogens (primary N) is 1. The molecule has 1 aliphatic heterocycles. The van der Waals surface area contributed by atoms with E-state index in [2.05, 4.69) is 9.89 Å². The van der Waals surface area contributed by atoms with Gasteiger partial charge in [0.15, 0.2) is 5.96 Å². The Bertz CT molecular complexity index is 491. The molecule has 1 saturated carbocycles. The van der Waals surface area contributed by atoms with Crippen LogP contribution < -0.4 is 5.73 Å². The van der Waals surface area contributed by atoms with E-state index in [4.69, 9.17) is 5.73 Å². The first-order valence-corrected chi connectivity index (χ1v) is 7.51. The molecule has 1 aromatic rings. The normalized spacial score (nSPS) is 20.8. The van der Waals surface area contributed by atoms with Crippen molar-refractivity contribution >= 4 is 29.9 Å². The molecule has 2 aliphatic rings. The molecule has 1 aromatic carbocycles. The first kappa shape index (κ1) is 16.5.